The van der Waals surface area contributed by atoms with Gasteiger partial charge < -0.3 is 15.4 Å². The van der Waals surface area contributed by atoms with Gasteiger partial charge in [-0.05, 0) is 40.5 Å². The first-order chi connectivity index (χ1) is 15.6. The molecule has 0 saturated carbocycles. The Balaban J connectivity index is 1.18. The van der Waals surface area contributed by atoms with Gasteiger partial charge in [0.15, 0.2) is 0 Å². The van der Waals surface area contributed by atoms with Crippen LogP contribution in [0.25, 0.3) is 11.1 Å². The second-order valence-corrected chi connectivity index (χ2v) is 7.52. The predicted molar refractivity (Wildman–Crippen MR) is 119 cm³/mol. The summed E-state index contributed by atoms with van der Waals surface area (Å²) in [6, 6.07) is 21.2. The summed E-state index contributed by atoms with van der Waals surface area (Å²) >= 11 is 0. The zero-order valence-corrected chi connectivity index (χ0v) is 17.0. The Labute approximate surface area is 184 Å². The average Bonchev–Trinajstić information content (AvgIpc) is 3.29. The Morgan fingerprint density at radius 1 is 0.938 bits per heavy atom. The van der Waals surface area contributed by atoms with Crippen molar-refractivity contribution in [1.29, 1.82) is 0 Å². The Morgan fingerprint density at radius 3 is 2.34 bits per heavy atom. The first-order valence-corrected chi connectivity index (χ1v) is 10.2. The van der Waals surface area contributed by atoms with E-state index in [2.05, 4.69) is 46.7 Å². The lowest BCUT2D eigenvalue weighted by molar-refractivity contribution is -0.112. The van der Waals surface area contributed by atoms with Crippen LogP contribution in [0.4, 0.5) is 10.5 Å². The molecule has 0 radical (unpaired) electrons. The highest BCUT2D eigenvalue weighted by Gasteiger charge is 2.29. The smallest absolute Gasteiger partial charge is 0.407 e. The molecule has 3 aromatic carbocycles. The zero-order valence-electron chi connectivity index (χ0n) is 17.0. The molecule has 32 heavy (non-hydrogen) atoms. The molecule has 6 nitrogen and oxygen atoms in total. The second-order valence-electron chi connectivity index (χ2n) is 7.52. The molecule has 2 amide bonds. The monoisotopic (exact) mass is 422 g/mol. The van der Waals surface area contributed by atoms with Crippen LogP contribution in [0, 0.1) is 11.8 Å². The van der Waals surface area contributed by atoms with E-state index < -0.39 is 17.8 Å². The highest BCUT2D eigenvalue weighted by molar-refractivity contribution is 6.51. The van der Waals surface area contributed by atoms with E-state index in [1.54, 1.807) is 18.2 Å². The van der Waals surface area contributed by atoms with Gasteiger partial charge in [0.1, 0.15) is 6.61 Å². The van der Waals surface area contributed by atoms with Crippen LogP contribution < -0.4 is 10.6 Å². The Kier molecular flexibility index (Phi) is 4.92. The van der Waals surface area contributed by atoms with E-state index in [1.807, 2.05) is 24.3 Å². The molecule has 0 atom stereocenters. The molecule has 0 saturated heterocycles. The van der Waals surface area contributed by atoms with Crippen molar-refractivity contribution in [3.63, 3.8) is 0 Å². The van der Waals surface area contributed by atoms with Gasteiger partial charge in [-0.1, -0.05) is 60.4 Å². The highest BCUT2D eigenvalue weighted by atomic mass is 16.5. The fraction of sp³-hybridized carbons (Fsp3) is 0.115. The summed E-state index contributed by atoms with van der Waals surface area (Å²) in [5.41, 5.74) is 6.10. The Hall–Kier alpha value is -4.37. The SMILES string of the molecule is O=C(NCC#Cc1ccc2c(c1)NC(=O)C2=O)OCC1c2ccccc2-c2ccccc21. The lowest BCUT2D eigenvalue weighted by Crippen LogP contribution is -2.26. The van der Waals surface area contributed by atoms with E-state index in [4.69, 9.17) is 4.74 Å². The first-order valence-electron chi connectivity index (χ1n) is 10.2. The number of rotatable bonds is 3. The Bertz CT molecular complexity index is 1290. The van der Waals surface area contributed by atoms with Crippen molar-refractivity contribution in [3.05, 3.63) is 89.0 Å². The summed E-state index contributed by atoms with van der Waals surface area (Å²) < 4.78 is 5.47. The minimum atomic E-state index is -0.637. The van der Waals surface area contributed by atoms with Crippen molar-refractivity contribution >= 4 is 23.5 Å². The molecule has 0 bridgehead atoms. The number of carbonyl (C=O) groups is 3. The van der Waals surface area contributed by atoms with Crippen molar-refractivity contribution in [2.75, 3.05) is 18.5 Å². The molecule has 0 spiro atoms. The molecule has 1 aliphatic heterocycles. The zero-order chi connectivity index (χ0) is 22.1. The normalized spacial score (nSPS) is 13.4. The molecule has 1 heterocycles. The molecule has 5 rings (SSSR count). The maximum atomic E-state index is 12.2. The standard InChI is InChI=1S/C26H18N2O4/c29-24-21-12-11-16(14-23(21)28-25(24)30)6-5-13-27-26(31)32-15-22-19-9-3-1-7-17(19)18-8-2-4-10-20(18)22/h1-4,7-12,14,22H,13,15H2,(H,27,31)(H,28,29,30). The van der Waals surface area contributed by atoms with Gasteiger partial charge in [0.2, 0.25) is 0 Å². The van der Waals surface area contributed by atoms with Crippen LogP contribution in [0.1, 0.15) is 33.0 Å². The number of benzene rings is 3. The molecule has 0 aromatic heterocycles. The fourth-order valence-corrected chi connectivity index (χ4v) is 4.14. The van der Waals surface area contributed by atoms with Crippen LogP contribution in [0.3, 0.4) is 0 Å². The number of alkyl carbamates (subject to hydrolysis) is 1. The lowest BCUT2D eigenvalue weighted by Gasteiger charge is -2.14. The largest absolute Gasteiger partial charge is 0.449 e. The minimum absolute atomic E-state index is 0.00330. The van der Waals surface area contributed by atoms with Crippen LogP contribution >= 0.6 is 0 Å². The maximum Gasteiger partial charge on any atom is 0.407 e. The molecule has 0 unspecified atom stereocenters. The van der Waals surface area contributed by atoms with Crippen molar-refractivity contribution in [2.24, 2.45) is 0 Å². The molecular formula is C26H18N2O4. The van der Waals surface area contributed by atoms with Gasteiger partial charge >= 0.3 is 6.09 Å². The van der Waals surface area contributed by atoms with Crippen LogP contribution in [0.5, 0.6) is 0 Å². The number of fused-ring (bicyclic) bond motifs is 4. The number of carbonyl (C=O) groups excluding carboxylic acids is 3. The number of hydrogen-bond donors (Lipinski definition) is 2. The molecule has 0 fully saturated rings. The van der Waals surface area contributed by atoms with E-state index in [-0.39, 0.29) is 19.1 Å². The van der Waals surface area contributed by atoms with Crippen molar-refractivity contribution in [3.8, 4) is 23.0 Å². The molecule has 2 N–H and O–H groups in total. The van der Waals surface area contributed by atoms with E-state index in [0.717, 1.165) is 11.1 Å². The van der Waals surface area contributed by atoms with Crippen LogP contribution in [-0.4, -0.2) is 30.9 Å². The molecule has 2 aliphatic rings. The number of Topliss-reactive ketones (excluding diaryl/α,β-unsaturated/α-hetero) is 1. The third kappa shape index (κ3) is 3.50. The van der Waals surface area contributed by atoms with Gasteiger partial charge in [-0.3, -0.25) is 9.59 Å². The number of nitrogens with one attached hydrogen (secondary N) is 2. The quantitative estimate of drug-likeness (QED) is 0.498. The number of amides is 2. The maximum absolute atomic E-state index is 12.2. The fourth-order valence-electron chi connectivity index (χ4n) is 4.14. The van der Waals surface area contributed by atoms with Gasteiger partial charge in [-0.2, -0.15) is 0 Å². The number of hydrogen-bond acceptors (Lipinski definition) is 4. The molecular weight excluding hydrogens is 404 g/mol. The van der Waals surface area contributed by atoms with E-state index in [1.165, 1.54) is 11.1 Å². The molecule has 1 aliphatic carbocycles. The second kappa shape index (κ2) is 8.05. The summed E-state index contributed by atoms with van der Waals surface area (Å²) in [7, 11) is 0. The van der Waals surface area contributed by atoms with E-state index in [0.29, 0.717) is 16.8 Å². The van der Waals surface area contributed by atoms with Crippen molar-refractivity contribution in [1.82, 2.24) is 5.32 Å². The summed E-state index contributed by atoms with van der Waals surface area (Å²) in [6.07, 6.45) is -0.534. The van der Waals surface area contributed by atoms with Crippen molar-refractivity contribution < 1.29 is 19.1 Å². The van der Waals surface area contributed by atoms with E-state index >= 15 is 0 Å². The van der Waals surface area contributed by atoms with Crippen LogP contribution in [0.2, 0.25) is 0 Å². The minimum Gasteiger partial charge on any atom is -0.449 e. The number of ketones is 1. The third-order valence-electron chi connectivity index (χ3n) is 5.62. The summed E-state index contributed by atoms with van der Waals surface area (Å²) in [5.74, 6) is 4.57. The average molecular weight is 422 g/mol. The van der Waals surface area contributed by atoms with E-state index in [9.17, 15) is 14.4 Å². The van der Waals surface area contributed by atoms with Gasteiger partial charge in [0.05, 0.1) is 17.8 Å². The van der Waals surface area contributed by atoms with Gasteiger partial charge in [-0.25, -0.2) is 4.79 Å². The third-order valence-corrected chi connectivity index (χ3v) is 5.62. The van der Waals surface area contributed by atoms with Crippen LogP contribution in [-0.2, 0) is 9.53 Å². The lowest BCUT2D eigenvalue weighted by atomic mass is 9.98. The van der Waals surface area contributed by atoms with Gasteiger partial charge in [-0.15, -0.1) is 0 Å². The summed E-state index contributed by atoms with van der Waals surface area (Å²) in [6.45, 7) is 0.352. The van der Waals surface area contributed by atoms with Crippen LogP contribution in [0.15, 0.2) is 66.7 Å². The number of ether oxygens (including phenoxy) is 1. The highest BCUT2D eigenvalue weighted by Crippen LogP contribution is 2.44. The van der Waals surface area contributed by atoms with Gasteiger partial charge in [0, 0.05) is 11.5 Å². The first kappa shape index (κ1) is 19.6. The number of anilines is 1. The van der Waals surface area contributed by atoms with Gasteiger partial charge in [0.25, 0.3) is 11.7 Å². The van der Waals surface area contributed by atoms with Crippen molar-refractivity contribution in [2.45, 2.75) is 5.92 Å². The Morgan fingerprint density at radius 2 is 1.62 bits per heavy atom. The summed E-state index contributed by atoms with van der Waals surface area (Å²) in [5, 5.41) is 5.14. The molecule has 156 valence electrons. The predicted octanol–water partition coefficient (Wildman–Crippen LogP) is 3.71. The molecule has 3 aromatic rings. The summed E-state index contributed by atoms with van der Waals surface area (Å²) in [4.78, 5) is 35.2. The topological polar surface area (TPSA) is 84.5 Å². The molecule has 6 heteroatoms.